The highest BCUT2D eigenvalue weighted by Crippen LogP contribution is 2.34. The molecule has 4 rings (SSSR count). The van der Waals surface area contributed by atoms with Gasteiger partial charge in [0.05, 0.1) is 17.8 Å². The quantitative estimate of drug-likeness (QED) is 0.451. The zero-order valence-electron chi connectivity index (χ0n) is 9.45. The average Bonchev–Trinajstić information content (AvgIpc) is 2.40. The van der Waals surface area contributed by atoms with Crippen LogP contribution in [0.3, 0.4) is 0 Å². The minimum absolute atomic E-state index is 0.211. The van der Waals surface area contributed by atoms with Crippen molar-refractivity contribution in [3.63, 3.8) is 0 Å². The number of fused-ring (bicyclic) bond motifs is 2. The molecule has 2 unspecified atom stereocenters. The molecule has 0 aromatic heterocycles. The maximum Gasteiger partial charge on any atom is 0.200 e. The summed E-state index contributed by atoms with van der Waals surface area (Å²) in [5.74, 6) is 0. The lowest BCUT2D eigenvalue weighted by atomic mass is 9.94. The van der Waals surface area contributed by atoms with Gasteiger partial charge in [-0.25, -0.2) is 5.01 Å². The summed E-state index contributed by atoms with van der Waals surface area (Å²) < 4.78 is 0. The van der Waals surface area contributed by atoms with Gasteiger partial charge in [-0.3, -0.25) is 5.01 Å². The fourth-order valence-electron chi connectivity index (χ4n) is 2.58. The van der Waals surface area contributed by atoms with Crippen molar-refractivity contribution < 1.29 is 0 Å². The summed E-state index contributed by atoms with van der Waals surface area (Å²) in [4.78, 5) is 0. The maximum absolute atomic E-state index is 9.28. The van der Waals surface area contributed by atoms with E-state index < -0.39 is 0 Å². The van der Waals surface area contributed by atoms with E-state index in [9.17, 15) is 5.26 Å². The minimum atomic E-state index is 0.211. The topological polar surface area (TPSA) is 56.3 Å². The molecule has 2 bridgehead atoms. The summed E-state index contributed by atoms with van der Waals surface area (Å²) in [5, 5.41) is 13.1. The summed E-state index contributed by atoms with van der Waals surface area (Å²) in [6.45, 7) is 0. The second kappa shape index (κ2) is 3.70. The van der Waals surface area contributed by atoms with Gasteiger partial charge in [-0.2, -0.15) is 5.26 Å². The van der Waals surface area contributed by atoms with Gasteiger partial charge in [-0.15, -0.1) is 0 Å². The average molecular weight is 226 g/mol. The first-order valence-electron chi connectivity index (χ1n) is 5.81. The smallest absolute Gasteiger partial charge is 0.200 e. The number of nitrogen functional groups attached to an aromatic ring is 1. The second-order valence-corrected chi connectivity index (χ2v) is 4.48. The molecule has 0 radical (unpaired) electrons. The van der Waals surface area contributed by atoms with Crippen LogP contribution in [0.15, 0.2) is 36.4 Å². The van der Waals surface area contributed by atoms with Crippen LogP contribution < -0.4 is 10.7 Å². The first kappa shape index (κ1) is 10.0. The molecular weight excluding hydrogens is 212 g/mol. The Kier molecular flexibility index (Phi) is 2.19. The van der Waals surface area contributed by atoms with E-state index in [4.69, 9.17) is 5.73 Å². The molecule has 0 saturated carbocycles. The summed E-state index contributed by atoms with van der Waals surface area (Å²) in [5.41, 5.74) is 7.46. The predicted molar refractivity (Wildman–Crippen MR) is 66.7 cm³/mol. The van der Waals surface area contributed by atoms with Gasteiger partial charge in [0, 0.05) is 5.69 Å². The third-order valence-corrected chi connectivity index (χ3v) is 3.43. The van der Waals surface area contributed by atoms with Crippen molar-refractivity contribution in [2.24, 2.45) is 0 Å². The molecule has 1 aromatic rings. The summed E-state index contributed by atoms with van der Waals surface area (Å²) in [7, 11) is 0. The molecule has 0 amide bonds. The monoisotopic (exact) mass is 226 g/mol. The van der Waals surface area contributed by atoms with Crippen molar-refractivity contribution >= 4 is 11.4 Å². The summed E-state index contributed by atoms with van der Waals surface area (Å²) in [6.07, 6.45) is 8.75. The number of nitrogens with two attached hydrogens (primary N) is 1. The van der Waals surface area contributed by atoms with E-state index in [-0.39, 0.29) is 6.04 Å². The van der Waals surface area contributed by atoms with E-state index in [1.54, 1.807) is 5.01 Å². The lowest BCUT2D eigenvalue weighted by Gasteiger charge is -2.48. The Hall–Kier alpha value is -2.15. The van der Waals surface area contributed by atoms with E-state index in [2.05, 4.69) is 23.4 Å². The number of anilines is 2. The Morgan fingerprint density at radius 2 is 1.76 bits per heavy atom. The van der Waals surface area contributed by atoms with Gasteiger partial charge in [0.25, 0.3) is 0 Å². The molecule has 1 aromatic carbocycles. The van der Waals surface area contributed by atoms with Crippen LogP contribution in [-0.4, -0.2) is 17.1 Å². The van der Waals surface area contributed by atoms with Crippen LogP contribution in [-0.2, 0) is 0 Å². The molecule has 2 aliphatic heterocycles. The Morgan fingerprint density at radius 1 is 1.12 bits per heavy atom. The summed E-state index contributed by atoms with van der Waals surface area (Å²) in [6, 6.07) is 8.18. The molecule has 3 aliphatic rings. The highest BCUT2D eigenvalue weighted by Gasteiger charge is 2.36. The molecule has 86 valence electrons. The molecule has 1 aliphatic carbocycles. The van der Waals surface area contributed by atoms with Gasteiger partial charge in [0.1, 0.15) is 0 Å². The van der Waals surface area contributed by atoms with Crippen LogP contribution in [0.2, 0.25) is 0 Å². The fraction of sp³-hybridized carbons (Fsp3) is 0.308. The lowest BCUT2D eigenvalue weighted by molar-refractivity contribution is 0.207. The molecule has 4 heteroatoms. The van der Waals surface area contributed by atoms with Crippen LogP contribution in [0.1, 0.15) is 12.8 Å². The first-order chi connectivity index (χ1) is 8.29. The van der Waals surface area contributed by atoms with Gasteiger partial charge in [-0.1, -0.05) is 12.2 Å². The molecule has 0 spiro atoms. The van der Waals surface area contributed by atoms with Gasteiger partial charge in [0.15, 0.2) is 0 Å². The number of hydrogen-bond donors (Lipinski definition) is 1. The molecule has 2 atom stereocenters. The third kappa shape index (κ3) is 1.51. The Morgan fingerprint density at radius 3 is 2.35 bits per heavy atom. The Bertz CT molecular complexity index is 485. The standard InChI is InChI=1S/C13H14N4/c14-9-16-11-5-7-13(8-6-11)17(16)12-3-1-10(15)2-4-12/h1-5,7,11,13H,6,8,15H2. The van der Waals surface area contributed by atoms with E-state index >= 15 is 0 Å². The van der Waals surface area contributed by atoms with Crippen LogP contribution in [0.25, 0.3) is 0 Å². The van der Waals surface area contributed by atoms with Crippen molar-refractivity contribution in [3.05, 3.63) is 36.4 Å². The molecule has 1 fully saturated rings. The van der Waals surface area contributed by atoms with Gasteiger partial charge < -0.3 is 5.73 Å². The van der Waals surface area contributed by atoms with Crippen molar-refractivity contribution in [1.82, 2.24) is 5.01 Å². The predicted octanol–water partition coefficient (Wildman–Crippen LogP) is 1.87. The van der Waals surface area contributed by atoms with E-state index in [0.717, 1.165) is 24.2 Å². The fourth-order valence-corrected chi connectivity index (χ4v) is 2.58. The van der Waals surface area contributed by atoms with Crippen LogP contribution in [0.4, 0.5) is 11.4 Å². The zero-order chi connectivity index (χ0) is 11.8. The summed E-state index contributed by atoms with van der Waals surface area (Å²) >= 11 is 0. The number of nitrogens with zero attached hydrogens (tertiary/aromatic N) is 3. The van der Waals surface area contributed by atoms with E-state index in [1.165, 1.54) is 0 Å². The van der Waals surface area contributed by atoms with E-state index in [1.807, 2.05) is 24.3 Å². The second-order valence-electron chi connectivity index (χ2n) is 4.48. The largest absolute Gasteiger partial charge is 0.399 e. The van der Waals surface area contributed by atoms with Gasteiger partial charge in [0.2, 0.25) is 6.19 Å². The van der Waals surface area contributed by atoms with Crippen molar-refractivity contribution in [2.45, 2.75) is 24.9 Å². The SMILES string of the molecule is N#CN1C2C=CC(CC2)N1c1ccc(N)cc1. The highest BCUT2D eigenvalue weighted by molar-refractivity contribution is 5.55. The Balaban J connectivity index is 1.99. The molecule has 2 N–H and O–H groups in total. The normalized spacial score (nSPS) is 26.1. The molecule has 17 heavy (non-hydrogen) atoms. The van der Waals surface area contributed by atoms with Crippen LogP contribution in [0.5, 0.6) is 0 Å². The third-order valence-electron chi connectivity index (χ3n) is 3.43. The number of hydrazine groups is 1. The number of rotatable bonds is 1. The lowest BCUT2D eigenvalue weighted by Crippen LogP contribution is -2.57. The van der Waals surface area contributed by atoms with Gasteiger partial charge in [-0.05, 0) is 37.1 Å². The number of hydrogen-bond acceptors (Lipinski definition) is 4. The number of benzene rings is 1. The van der Waals surface area contributed by atoms with Crippen LogP contribution >= 0.6 is 0 Å². The highest BCUT2D eigenvalue weighted by atomic mass is 15.7. The minimum Gasteiger partial charge on any atom is -0.399 e. The Labute approximate surface area is 101 Å². The number of nitriles is 1. The molecule has 2 heterocycles. The molecule has 1 saturated heterocycles. The maximum atomic E-state index is 9.28. The van der Waals surface area contributed by atoms with E-state index in [0.29, 0.717) is 6.04 Å². The zero-order valence-corrected chi connectivity index (χ0v) is 9.45. The van der Waals surface area contributed by atoms with Gasteiger partial charge >= 0.3 is 0 Å². The molecule has 4 nitrogen and oxygen atoms in total. The van der Waals surface area contributed by atoms with Crippen LogP contribution in [0, 0.1) is 11.5 Å². The van der Waals surface area contributed by atoms with Crippen molar-refractivity contribution in [1.29, 1.82) is 5.26 Å². The van der Waals surface area contributed by atoms with Crippen molar-refractivity contribution in [3.8, 4) is 6.19 Å². The first-order valence-corrected chi connectivity index (χ1v) is 5.81. The molecular formula is C13H14N4. The van der Waals surface area contributed by atoms with Crippen molar-refractivity contribution in [2.75, 3.05) is 10.7 Å².